The fraction of sp³-hybridized carbons (Fsp3) is 0.118. The van der Waals surface area contributed by atoms with Crippen LogP contribution in [-0.2, 0) is 6.54 Å². The number of hydrogen-bond donors (Lipinski definition) is 1. The van der Waals surface area contributed by atoms with Gasteiger partial charge in [0.05, 0.1) is 0 Å². The molecule has 0 unspecified atom stereocenters. The molecule has 7 nitrogen and oxygen atoms in total. The number of carbonyl (C=O) groups is 2. The number of rotatable bonds is 4. The number of nitrogens with zero attached hydrogens (tertiary/aromatic N) is 1. The van der Waals surface area contributed by atoms with Crippen LogP contribution in [0.15, 0.2) is 57.7 Å². The van der Waals surface area contributed by atoms with E-state index in [-0.39, 0.29) is 23.4 Å². The maximum atomic E-state index is 11.9. The van der Waals surface area contributed by atoms with Gasteiger partial charge in [-0.3, -0.25) is 4.79 Å². The largest absolute Gasteiger partial charge is 0.453 e. The Morgan fingerprint density at radius 2 is 1.92 bits per heavy atom. The molecule has 0 saturated carbocycles. The number of nitrogens with one attached hydrogen (secondary N) is 1. The third kappa shape index (κ3) is 3.19. The fourth-order valence-electron chi connectivity index (χ4n) is 2.19. The molecule has 1 amide bonds. The summed E-state index contributed by atoms with van der Waals surface area (Å²) in [7, 11) is 0. The van der Waals surface area contributed by atoms with Crippen molar-refractivity contribution in [1.82, 2.24) is 10.0 Å². The van der Waals surface area contributed by atoms with E-state index in [9.17, 15) is 14.4 Å². The highest BCUT2D eigenvalue weighted by Gasteiger charge is 2.15. The second-order valence-electron chi connectivity index (χ2n) is 5.12. The minimum Gasteiger partial charge on any atom is -0.405 e. The summed E-state index contributed by atoms with van der Waals surface area (Å²) < 4.78 is 5.75. The third-order valence-electron chi connectivity index (χ3n) is 3.40. The van der Waals surface area contributed by atoms with Crippen LogP contribution < -0.4 is 15.9 Å². The van der Waals surface area contributed by atoms with E-state index in [1.165, 1.54) is 25.1 Å². The molecule has 0 saturated heterocycles. The first-order valence-electron chi connectivity index (χ1n) is 7.21. The van der Waals surface area contributed by atoms with E-state index in [1.54, 1.807) is 0 Å². The van der Waals surface area contributed by atoms with Crippen molar-refractivity contribution in [2.45, 2.75) is 13.5 Å². The molecule has 0 aliphatic heterocycles. The molecule has 7 heteroatoms. The van der Waals surface area contributed by atoms with Crippen molar-refractivity contribution in [2.75, 3.05) is 0 Å². The number of carbonyl (C=O) groups excluding carboxylic acids is 2. The fourth-order valence-corrected chi connectivity index (χ4v) is 2.19. The Balaban J connectivity index is 1.77. The van der Waals surface area contributed by atoms with Gasteiger partial charge in [0.15, 0.2) is 11.4 Å². The molecule has 0 aliphatic carbocycles. The maximum absolute atomic E-state index is 11.9. The molecule has 0 bridgehead atoms. The molecule has 0 spiro atoms. The van der Waals surface area contributed by atoms with E-state index in [4.69, 9.17) is 9.25 Å². The van der Waals surface area contributed by atoms with Crippen LogP contribution in [-0.4, -0.2) is 16.6 Å². The van der Waals surface area contributed by atoms with Gasteiger partial charge in [-0.1, -0.05) is 35.1 Å². The highest BCUT2D eigenvalue weighted by molar-refractivity contribution is 5.96. The number of amides is 1. The molecule has 24 heavy (non-hydrogen) atoms. The molecule has 0 fully saturated rings. The molecule has 0 radical (unpaired) electrons. The molecule has 1 N–H and O–H groups in total. The first kappa shape index (κ1) is 15.5. The maximum Gasteiger partial charge on any atom is 0.453 e. The van der Waals surface area contributed by atoms with Crippen LogP contribution in [0.4, 0.5) is 4.79 Å². The van der Waals surface area contributed by atoms with Gasteiger partial charge in [0.1, 0.15) is 5.52 Å². The zero-order chi connectivity index (χ0) is 17.1. The highest BCUT2D eigenvalue weighted by atomic mass is 16.7. The zero-order valence-electron chi connectivity index (χ0n) is 12.8. The van der Waals surface area contributed by atoms with Gasteiger partial charge in [0.25, 0.3) is 0 Å². The van der Waals surface area contributed by atoms with E-state index in [1.807, 2.05) is 30.3 Å². The summed E-state index contributed by atoms with van der Waals surface area (Å²) in [5.41, 5.74) is 1.73. The summed E-state index contributed by atoms with van der Waals surface area (Å²) in [6, 6.07) is 13.7. The van der Waals surface area contributed by atoms with Crippen molar-refractivity contribution < 1.29 is 18.8 Å². The number of aromatic nitrogens is 1. The van der Waals surface area contributed by atoms with Crippen LogP contribution in [0.2, 0.25) is 0 Å². The number of Topliss-reactive ketones (excluding diaryl/α,β-unsaturated/α-hetero) is 1. The van der Waals surface area contributed by atoms with Gasteiger partial charge in [-0.25, -0.2) is 9.59 Å². The lowest BCUT2D eigenvalue weighted by Gasteiger charge is -2.06. The Hall–Kier alpha value is -3.35. The Morgan fingerprint density at radius 1 is 1.17 bits per heavy atom. The number of benzene rings is 2. The Kier molecular flexibility index (Phi) is 4.15. The van der Waals surface area contributed by atoms with Crippen molar-refractivity contribution in [3.63, 3.8) is 0 Å². The smallest absolute Gasteiger partial charge is 0.405 e. The van der Waals surface area contributed by atoms with E-state index >= 15 is 0 Å². The second-order valence-corrected chi connectivity index (χ2v) is 5.12. The number of oxazole rings is 1. The van der Waals surface area contributed by atoms with Crippen molar-refractivity contribution in [3.8, 4) is 0 Å². The highest BCUT2D eigenvalue weighted by Crippen LogP contribution is 2.14. The SMILES string of the molecule is CC(=O)c1ccc2c(c1)oc(=O)n2OC(=O)NCc1ccccc1. The van der Waals surface area contributed by atoms with Crippen molar-refractivity contribution in [2.24, 2.45) is 0 Å². The van der Waals surface area contributed by atoms with Gasteiger partial charge in [-0.05, 0) is 30.7 Å². The monoisotopic (exact) mass is 326 g/mol. The lowest BCUT2D eigenvalue weighted by molar-refractivity contribution is 0.101. The first-order valence-corrected chi connectivity index (χ1v) is 7.21. The second kappa shape index (κ2) is 6.41. The van der Waals surface area contributed by atoms with Crippen LogP contribution >= 0.6 is 0 Å². The lowest BCUT2D eigenvalue weighted by atomic mass is 10.1. The minimum atomic E-state index is -0.847. The van der Waals surface area contributed by atoms with Crippen molar-refractivity contribution in [3.05, 3.63) is 70.2 Å². The molecule has 122 valence electrons. The average molecular weight is 326 g/mol. The quantitative estimate of drug-likeness (QED) is 0.742. The van der Waals surface area contributed by atoms with Gasteiger partial charge in [-0.15, -0.1) is 0 Å². The minimum absolute atomic E-state index is 0.158. The summed E-state index contributed by atoms with van der Waals surface area (Å²) in [6.45, 7) is 1.67. The summed E-state index contributed by atoms with van der Waals surface area (Å²) in [5, 5.41) is 2.54. The molecule has 0 aliphatic rings. The van der Waals surface area contributed by atoms with Crippen LogP contribution in [0.5, 0.6) is 0 Å². The molecular formula is C17H14N2O5. The third-order valence-corrected chi connectivity index (χ3v) is 3.40. The first-order chi connectivity index (χ1) is 11.5. The summed E-state index contributed by atoms with van der Waals surface area (Å²) >= 11 is 0. The molecule has 1 heterocycles. The molecule has 2 aromatic carbocycles. The normalized spacial score (nSPS) is 10.5. The van der Waals surface area contributed by atoms with E-state index in [0.29, 0.717) is 5.56 Å². The van der Waals surface area contributed by atoms with E-state index in [0.717, 1.165) is 10.3 Å². The van der Waals surface area contributed by atoms with Crippen LogP contribution in [0.1, 0.15) is 22.8 Å². The van der Waals surface area contributed by atoms with Gasteiger partial charge >= 0.3 is 11.8 Å². The summed E-state index contributed by atoms with van der Waals surface area (Å²) in [4.78, 5) is 40.1. The van der Waals surface area contributed by atoms with Crippen molar-refractivity contribution in [1.29, 1.82) is 0 Å². The predicted molar refractivity (Wildman–Crippen MR) is 85.7 cm³/mol. The lowest BCUT2D eigenvalue weighted by Crippen LogP contribution is -2.35. The van der Waals surface area contributed by atoms with E-state index in [2.05, 4.69) is 5.32 Å². The van der Waals surface area contributed by atoms with Crippen LogP contribution in [0.25, 0.3) is 11.1 Å². The Morgan fingerprint density at radius 3 is 2.62 bits per heavy atom. The number of ketones is 1. The van der Waals surface area contributed by atoms with Gasteiger partial charge < -0.3 is 14.6 Å². The molecule has 1 aromatic heterocycles. The Bertz CT molecular complexity index is 956. The van der Waals surface area contributed by atoms with Crippen LogP contribution in [0, 0.1) is 0 Å². The van der Waals surface area contributed by atoms with Crippen molar-refractivity contribution >= 4 is 23.0 Å². The summed E-state index contributed by atoms with van der Waals surface area (Å²) in [6.07, 6.45) is -0.792. The van der Waals surface area contributed by atoms with Gasteiger partial charge in [0.2, 0.25) is 0 Å². The predicted octanol–water partition coefficient (Wildman–Crippen LogP) is 2.14. The molecular weight excluding hydrogens is 312 g/mol. The average Bonchev–Trinajstić information content (AvgIpc) is 2.89. The molecule has 3 aromatic rings. The number of fused-ring (bicyclic) bond motifs is 1. The molecule has 3 rings (SSSR count). The summed E-state index contributed by atoms with van der Waals surface area (Å²) in [5.74, 6) is -1.01. The zero-order valence-corrected chi connectivity index (χ0v) is 12.8. The van der Waals surface area contributed by atoms with Gasteiger partial charge in [0, 0.05) is 12.1 Å². The van der Waals surface area contributed by atoms with Gasteiger partial charge in [-0.2, -0.15) is 0 Å². The standard InChI is InChI=1S/C17H14N2O5/c1-11(20)13-7-8-14-15(9-13)23-17(22)19(14)24-16(21)18-10-12-5-3-2-4-6-12/h2-9H,10H2,1H3,(H,18,21). The molecule has 0 atom stereocenters. The Labute approximate surface area is 136 Å². The van der Waals surface area contributed by atoms with Crippen LogP contribution in [0.3, 0.4) is 0 Å². The number of hydrogen-bond acceptors (Lipinski definition) is 5. The topological polar surface area (TPSA) is 90.5 Å². The van der Waals surface area contributed by atoms with E-state index < -0.39 is 11.8 Å².